The summed E-state index contributed by atoms with van der Waals surface area (Å²) < 4.78 is 15.0. The van der Waals surface area contributed by atoms with Crippen LogP contribution in [0.5, 0.6) is 0 Å². The van der Waals surface area contributed by atoms with Crippen LogP contribution in [0.25, 0.3) is 6.08 Å². The smallest absolute Gasteiger partial charge is 0.123 e. The minimum atomic E-state index is -0.187. The van der Waals surface area contributed by atoms with E-state index in [1.165, 1.54) is 43.5 Å². The molecule has 1 aromatic carbocycles. The normalized spacial score (nSPS) is 20.3. The third kappa shape index (κ3) is 4.21. The van der Waals surface area contributed by atoms with E-state index in [0.717, 1.165) is 38.0 Å². The molecule has 0 radical (unpaired) electrons. The first kappa shape index (κ1) is 17.4. The van der Waals surface area contributed by atoms with Crippen LogP contribution in [0.15, 0.2) is 36.5 Å². The van der Waals surface area contributed by atoms with E-state index >= 15 is 0 Å². The molecule has 2 fully saturated rings. The van der Waals surface area contributed by atoms with Crippen molar-refractivity contribution in [3.8, 4) is 0 Å². The van der Waals surface area contributed by atoms with Crippen LogP contribution in [0.1, 0.15) is 61.7 Å². The zero-order valence-corrected chi connectivity index (χ0v) is 15.2. The minimum absolute atomic E-state index is 0.187. The summed E-state index contributed by atoms with van der Waals surface area (Å²) in [6.45, 7) is 3.10. The first-order valence-electron chi connectivity index (χ1n) is 9.84. The Balaban J connectivity index is 1.25. The first-order valence-corrected chi connectivity index (χ1v) is 9.84. The summed E-state index contributed by atoms with van der Waals surface area (Å²) in [5.74, 6) is 0.453. The fourth-order valence-corrected chi connectivity index (χ4v) is 4.16. The summed E-state index contributed by atoms with van der Waals surface area (Å²) in [5.41, 5.74) is 2.25. The molecule has 1 aliphatic carbocycles. The second kappa shape index (κ2) is 8.12. The largest absolute Gasteiger partial charge is 0.300 e. The molecule has 1 aromatic heterocycles. The van der Waals surface area contributed by atoms with Crippen molar-refractivity contribution in [1.29, 1.82) is 0 Å². The van der Waals surface area contributed by atoms with Crippen LogP contribution < -0.4 is 0 Å². The van der Waals surface area contributed by atoms with Crippen LogP contribution in [-0.2, 0) is 0 Å². The summed E-state index contributed by atoms with van der Waals surface area (Å²) in [6, 6.07) is 7.11. The van der Waals surface area contributed by atoms with Gasteiger partial charge in [-0.15, -0.1) is 5.10 Å². The van der Waals surface area contributed by atoms with E-state index in [1.807, 2.05) is 12.1 Å². The number of aromatic nitrogens is 3. The molecular formula is C21H27FN4. The molecule has 2 aliphatic rings. The van der Waals surface area contributed by atoms with Gasteiger partial charge in [-0.05, 0) is 43.4 Å². The second-order valence-electron chi connectivity index (χ2n) is 7.59. The van der Waals surface area contributed by atoms with Crippen molar-refractivity contribution in [2.75, 3.05) is 19.6 Å². The summed E-state index contributed by atoms with van der Waals surface area (Å²) >= 11 is 0. The van der Waals surface area contributed by atoms with Crippen LogP contribution in [-0.4, -0.2) is 39.5 Å². The van der Waals surface area contributed by atoms with Crippen LogP contribution in [0, 0.1) is 5.82 Å². The summed E-state index contributed by atoms with van der Waals surface area (Å²) in [4.78, 5) is 2.46. The Kier molecular flexibility index (Phi) is 5.44. The number of hydrogen-bond donors (Lipinski definition) is 0. The fraction of sp³-hybridized carbons (Fsp3) is 0.524. The van der Waals surface area contributed by atoms with Gasteiger partial charge in [0.15, 0.2) is 0 Å². The molecule has 1 saturated carbocycles. The lowest BCUT2D eigenvalue weighted by Gasteiger charge is -2.30. The van der Waals surface area contributed by atoms with Gasteiger partial charge in [0.1, 0.15) is 5.82 Å². The molecule has 138 valence electrons. The number of rotatable bonds is 5. The molecule has 1 saturated heterocycles. The van der Waals surface area contributed by atoms with E-state index < -0.39 is 0 Å². The SMILES string of the molecule is Fc1ccc(C=CCN2CCC(n3cc(C4CCCC4)nn3)CC2)cc1. The second-order valence-corrected chi connectivity index (χ2v) is 7.59. The summed E-state index contributed by atoms with van der Waals surface area (Å²) in [7, 11) is 0. The van der Waals surface area contributed by atoms with Crippen molar-refractivity contribution >= 4 is 6.08 Å². The molecule has 4 rings (SSSR count). The molecule has 0 bridgehead atoms. The van der Waals surface area contributed by atoms with Gasteiger partial charge in [-0.3, -0.25) is 4.90 Å². The first-order chi connectivity index (χ1) is 12.8. The minimum Gasteiger partial charge on any atom is -0.300 e. The predicted molar refractivity (Wildman–Crippen MR) is 101 cm³/mol. The Hall–Kier alpha value is -2.01. The van der Waals surface area contributed by atoms with E-state index in [2.05, 4.69) is 38.2 Å². The monoisotopic (exact) mass is 354 g/mol. The highest BCUT2D eigenvalue weighted by Crippen LogP contribution is 2.33. The third-order valence-electron chi connectivity index (χ3n) is 5.78. The molecule has 1 aliphatic heterocycles. The van der Waals surface area contributed by atoms with Crippen LogP contribution in [0.2, 0.25) is 0 Å². The highest BCUT2D eigenvalue weighted by Gasteiger charge is 2.24. The maximum Gasteiger partial charge on any atom is 0.123 e. The number of likely N-dealkylation sites (tertiary alicyclic amines) is 1. The topological polar surface area (TPSA) is 34.0 Å². The molecule has 0 N–H and O–H groups in total. The number of piperidine rings is 1. The van der Waals surface area contributed by atoms with E-state index in [9.17, 15) is 4.39 Å². The van der Waals surface area contributed by atoms with Crippen molar-refractivity contribution in [2.24, 2.45) is 0 Å². The average Bonchev–Trinajstić information content (AvgIpc) is 3.36. The van der Waals surface area contributed by atoms with Gasteiger partial charge in [0, 0.05) is 31.7 Å². The van der Waals surface area contributed by atoms with Crippen LogP contribution >= 0.6 is 0 Å². The van der Waals surface area contributed by atoms with Crippen molar-refractivity contribution in [1.82, 2.24) is 19.9 Å². The molecule has 0 spiro atoms. The van der Waals surface area contributed by atoms with Crippen LogP contribution in [0.3, 0.4) is 0 Å². The highest BCUT2D eigenvalue weighted by atomic mass is 19.1. The van der Waals surface area contributed by atoms with E-state index in [-0.39, 0.29) is 5.82 Å². The van der Waals surface area contributed by atoms with E-state index in [0.29, 0.717) is 12.0 Å². The molecule has 4 nitrogen and oxygen atoms in total. The van der Waals surface area contributed by atoms with E-state index in [1.54, 1.807) is 0 Å². The quantitative estimate of drug-likeness (QED) is 0.797. The van der Waals surface area contributed by atoms with Crippen molar-refractivity contribution in [3.63, 3.8) is 0 Å². The standard InChI is InChI=1S/C21H27FN4/c22-19-9-7-17(8-10-19)4-3-13-25-14-11-20(12-15-25)26-16-21(23-24-26)18-5-1-2-6-18/h3-4,7-10,16,18,20H,1-2,5-6,11-15H2. The third-order valence-corrected chi connectivity index (χ3v) is 5.78. The lowest BCUT2D eigenvalue weighted by molar-refractivity contribution is 0.194. The van der Waals surface area contributed by atoms with Crippen molar-refractivity contribution in [2.45, 2.75) is 50.5 Å². The Labute approximate surface area is 154 Å². The average molecular weight is 354 g/mol. The lowest BCUT2D eigenvalue weighted by atomic mass is 10.0. The molecule has 2 heterocycles. The number of benzene rings is 1. The van der Waals surface area contributed by atoms with Crippen molar-refractivity contribution in [3.05, 3.63) is 53.6 Å². The molecular weight excluding hydrogens is 327 g/mol. The lowest BCUT2D eigenvalue weighted by Crippen LogP contribution is -2.34. The van der Waals surface area contributed by atoms with Gasteiger partial charge in [0.25, 0.3) is 0 Å². The van der Waals surface area contributed by atoms with E-state index in [4.69, 9.17) is 0 Å². The highest BCUT2D eigenvalue weighted by molar-refractivity contribution is 5.48. The molecule has 2 aromatic rings. The fourth-order valence-electron chi connectivity index (χ4n) is 4.16. The number of nitrogens with zero attached hydrogens (tertiary/aromatic N) is 4. The van der Waals surface area contributed by atoms with Gasteiger partial charge in [-0.2, -0.15) is 0 Å². The zero-order valence-electron chi connectivity index (χ0n) is 15.2. The van der Waals surface area contributed by atoms with Gasteiger partial charge in [-0.1, -0.05) is 42.3 Å². The maximum atomic E-state index is 12.9. The number of halogens is 1. The molecule has 26 heavy (non-hydrogen) atoms. The van der Waals surface area contributed by atoms with Gasteiger partial charge < -0.3 is 0 Å². The summed E-state index contributed by atoms with van der Waals surface area (Å²) in [5, 5.41) is 8.87. The van der Waals surface area contributed by atoms with Crippen molar-refractivity contribution < 1.29 is 4.39 Å². The Morgan fingerprint density at radius 3 is 2.50 bits per heavy atom. The van der Waals surface area contributed by atoms with Gasteiger partial charge in [0.2, 0.25) is 0 Å². The molecule has 5 heteroatoms. The molecule has 0 unspecified atom stereocenters. The Morgan fingerprint density at radius 1 is 1.04 bits per heavy atom. The number of hydrogen-bond acceptors (Lipinski definition) is 3. The molecule has 0 amide bonds. The van der Waals surface area contributed by atoms with Gasteiger partial charge in [-0.25, -0.2) is 9.07 Å². The Morgan fingerprint density at radius 2 is 1.77 bits per heavy atom. The van der Waals surface area contributed by atoms with Gasteiger partial charge >= 0.3 is 0 Å². The Bertz CT molecular complexity index is 723. The van der Waals surface area contributed by atoms with Gasteiger partial charge in [0.05, 0.1) is 11.7 Å². The molecule has 0 atom stereocenters. The zero-order chi connectivity index (χ0) is 17.8. The predicted octanol–water partition coefficient (Wildman–Crippen LogP) is 4.43. The summed E-state index contributed by atoms with van der Waals surface area (Å²) in [6.07, 6.45) is 13.9. The maximum absolute atomic E-state index is 12.9. The van der Waals surface area contributed by atoms with Crippen LogP contribution in [0.4, 0.5) is 4.39 Å².